The van der Waals surface area contributed by atoms with Gasteiger partial charge in [-0.25, -0.2) is 0 Å². The summed E-state index contributed by atoms with van der Waals surface area (Å²) in [5.74, 6) is 1.46. The van der Waals surface area contributed by atoms with Gasteiger partial charge in [0.1, 0.15) is 12.4 Å². The van der Waals surface area contributed by atoms with E-state index in [1.807, 2.05) is 30.3 Å². The maximum Gasteiger partial charge on any atom is 0.121 e. The molecule has 0 saturated carbocycles. The highest BCUT2D eigenvalue weighted by atomic mass is 35.5. The number of hydrogen-bond donors (Lipinski definition) is 0. The van der Waals surface area contributed by atoms with E-state index in [4.69, 9.17) is 16.3 Å². The molecule has 0 spiro atoms. The van der Waals surface area contributed by atoms with Gasteiger partial charge in [0.25, 0.3) is 0 Å². The van der Waals surface area contributed by atoms with Crippen molar-refractivity contribution in [3.05, 3.63) is 47.5 Å². The predicted molar refractivity (Wildman–Crippen MR) is 99.8 cm³/mol. The van der Waals surface area contributed by atoms with Crippen LogP contribution in [0.5, 0.6) is 5.75 Å². The van der Waals surface area contributed by atoms with E-state index in [1.54, 1.807) is 11.9 Å². The third-order valence-corrected chi connectivity index (χ3v) is 4.93. The lowest BCUT2D eigenvalue weighted by molar-refractivity contribution is 0.271. The Bertz CT molecular complexity index is 675. The van der Waals surface area contributed by atoms with Crippen molar-refractivity contribution in [2.45, 2.75) is 18.7 Å². The van der Waals surface area contributed by atoms with Gasteiger partial charge in [0.15, 0.2) is 0 Å². The van der Waals surface area contributed by atoms with Gasteiger partial charge in [0.2, 0.25) is 0 Å². The molecule has 1 aliphatic heterocycles. The molecule has 0 bridgehead atoms. The molecule has 2 aromatic carbocycles. The predicted octanol–water partition coefficient (Wildman–Crippen LogP) is 5.30. The summed E-state index contributed by atoms with van der Waals surface area (Å²) in [6, 6.07) is 14.3. The molecule has 0 amide bonds. The number of halogens is 1. The molecule has 0 aliphatic carbocycles. The van der Waals surface area contributed by atoms with Gasteiger partial charge >= 0.3 is 0 Å². The Morgan fingerprint density at radius 2 is 1.91 bits per heavy atom. The smallest absolute Gasteiger partial charge is 0.121 e. The molecule has 0 unspecified atom stereocenters. The first-order valence-electron chi connectivity index (χ1n) is 7.72. The van der Waals surface area contributed by atoms with Crippen LogP contribution >= 0.6 is 23.5 Å². The number of nitrogens with zero attached hydrogens (tertiary/aromatic N) is 2. The van der Waals surface area contributed by atoms with Crippen molar-refractivity contribution in [1.82, 2.24) is 0 Å². The van der Waals surface area contributed by atoms with E-state index < -0.39 is 0 Å². The monoisotopic (exact) mass is 348 g/mol. The molecule has 122 valence electrons. The van der Waals surface area contributed by atoms with Crippen LogP contribution in [0.3, 0.4) is 0 Å². The largest absolute Gasteiger partial charge is 0.493 e. The first-order chi connectivity index (χ1) is 11.0. The molecule has 0 fully saturated rings. The summed E-state index contributed by atoms with van der Waals surface area (Å²) in [5.41, 5.74) is 2.36. The van der Waals surface area contributed by atoms with Crippen molar-refractivity contribution >= 4 is 34.9 Å². The van der Waals surface area contributed by atoms with Crippen molar-refractivity contribution < 1.29 is 4.74 Å². The second-order valence-corrected chi connectivity index (χ2v) is 7.62. The minimum atomic E-state index is 0.526. The fourth-order valence-corrected chi connectivity index (χ4v) is 3.64. The molecular weight excluding hydrogens is 328 g/mol. The molecule has 3 nitrogen and oxygen atoms in total. The Morgan fingerprint density at radius 1 is 1.17 bits per heavy atom. The van der Waals surface area contributed by atoms with Gasteiger partial charge in [0, 0.05) is 23.8 Å². The number of fused-ring (bicyclic) bond motifs is 1. The van der Waals surface area contributed by atoms with Crippen molar-refractivity contribution in [2.24, 2.45) is 5.92 Å². The van der Waals surface area contributed by atoms with Gasteiger partial charge in [-0.2, -0.15) is 0 Å². The second kappa shape index (κ2) is 6.93. The van der Waals surface area contributed by atoms with Crippen LogP contribution in [0, 0.1) is 5.92 Å². The van der Waals surface area contributed by atoms with Crippen LogP contribution < -0.4 is 13.9 Å². The van der Waals surface area contributed by atoms with Crippen LogP contribution in [0.4, 0.5) is 11.4 Å². The molecule has 0 aromatic heterocycles. The van der Waals surface area contributed by atoms with Gasteiger partial charge in [0.05, 0.1) is 17.2 Å². The zero-order valence-electron chi connectivity index (χ0n) is 13.6. The van der Waals surface area contributed by atoms with E-state index in [-0.39, 0.29) is 0 Å². The lowest BCUT2D eigenvalue weighted by atomic mass is 10.2. The third kappa shape index (κ3) is 3.88. The van der Waals surface area contributed by atoms with Crippen molar-refractivity contribution in [3.8, 4) is 5.75 Å². The standard InChI is InChI=1S/C18H21ClN2OS/c1-13(2)11-22-16-8-9-18-17(10-16)20(3)12-21(23-18)15-6-4-14(19)5-7-15/h4-10,13H,11-12H2,1-3H3. The molecule has 3 rings (SSSR count). The van der Waals surface area contributed by atoms with Gasteiger partial charge in [-0.3, -0.25) is 4.31 Å². The van der Waals surface area contributed by atoms with E-state index in [2.05, 4.69) is 42.2 Å². The first-order valence-corrected chi connectivity index (χ1v) is 8.87. The molecule has 2 aromatic rings. The molecule has 23 heavy (non-hydrogen) atoms. The average molecular weight is 349 g/mol. The third-order valence-electron chi connectivity index (χ3n) is 3.59. The summed E-state index contributed by atoms with van der Waals surface area (Å²) in [4.78, 5) is 3.47. The van der Waals surface area contributed by atoms with Crippen LogP contribution in [0.1, 0.15) is 13.8 Å². The molecule has 0 saturated heterocycles. The molecule has 1 heterocycles. The molecule has 5 heteroatoms. The number of hydrogen-bond acceptors (Lipinski definition) is 4. The summed E-state index contributed by atoms with van der Waals surface area (Å²) in [7, 11) is 2.10. The van der Waals surface area contributed by atoms with Crippen molar-refractivity contribution in [2.75, 3.05) is 29.5 Å². The van der Waals surface area contributed by atoms with E-state index >= 15 is 0 Å². The summed E-state index contributed by atoms with van der Waals surface area (Å²) in [6.45, 7) is 5.87. The van der Waals surface area contributed by atoms with Crippen LogP contribution in [0.15, 0.2) is 47.4 Å². The van der Waals surface area contributed by atoms with E-state index in [0.717, 1.165) is 29.7 Å². The first kappa shape index (κ1) is 16.3. The van der Waals surface area contributed by atoms with Crippen LogP contribution in [0.2, 0.25) is 5.02 Å². The average Bonchev–Trinajstić information content (AvgIpc) is 2.53. The molecule has 1 aliphatic rings. The Balaban J connectivity index is 1.79. The molecule has 0 atom stereocenters. The second-order valence-electron chi connectivity index (χ2n) is 6.12. The Morgan fingerprint density at radius 3 is 2.61 bits per heavy atom. The number of ether oxygens (including phenoxy) is 1. The zero-order chi connectivity index (χ0) is 16.4. The maximum atomic E-state index is 5.98. The van der Waals surface area contributed by atoms with E-state index in [0.29, 0.717) is 5.92 Å². The van der Waals surface area contributed by atoms with Gasteiger partial charge in [-0.1, -0.05) is 25.4 Å². The molecular formula is C18H21ClN2OS. The van der Waals surface area contributed by atoms with Crippen LogP contribution in [-0.4, -0.2) is 20.3 Å². The summed E-state index contributed by atoms with van der Waals surface area (Å²) >= 11 is 7.73. The fourth-order valence-electron chi connectivity index (χ4n) is 2.38. The quantitative estimate of drug-likeness (QED) is 0.697. The Labute approximate surface area is 147 Å². The molecule has 0 N–H and O–H groups in total. The summed E-state index contributed by atoms with van der Waals surface area (Å²) in [5, 5.41) is 0.761. The zero-order valence-corrected chi connectivity index (χ0v) is 15.2. The normalized spacial score (nSPS) is 14.1. The molecule has 0 radical (unpaired) electrons. The van der Waals surface area contributed by atoms with Gasteiger partial charge in [-0.05, 0) is 54.3 Å². The van der Waals surface area contributed by atoms with E-state index in [9.17, 15) is 0 Å². The van der Waals surface area contributed by atoms with Crippen molar-refractivity contribution in [3.63, 3.8) is 0 Å². The van der Waals surface area contributed by atoms with Crippen LogP contribution in [0.25, 0.3) is 0 Å². The van der Waals surface area contributed by atoms with E-state index in [1.165, 1.54) is 10.6 Å². The number of anilines is 2. The summed E-state index contributed by atoms with van der Waals surface area (Å²) in [6.07, 6.45) is 0. The van der Waals surface area contributed by atoms with Gasteiger partial charge < -0.3 is 9.64 Å². The number of rotatable bonds is 4. The SMILES string of the molecule is CC(C)COc1ccc2c(c1)N(C)CN(c1ccc(Cl)cc1)S2. The topological polar surface area (TPSA) is 15.7 Å². The Kier molecular flexibility index (Phi) is 4.93. The Hall–Kier alpha value is -1.52. The maximum absolute atomic E-state index is 5.98. The lowest BCUT2D eigenvalue weighted by Crippen LogP contribution is -2.35. The number of benzene rings is 2. The van der Waals surface area contributed by atoms with Crippen LogP contribution in [-0.2, 0) is 0 Å². The minimum Gasteiger partial charge on any atom is -0.493 e. The van der Waals surface area contributed by atoms with Gasteiger partial charge in [-0.15, -0.1) is 0 Å². The highest BCUT2D eigenvalue weighted by Crippen LogP contribution is 2.41. The highest BCUT2D eigenvalue weighted by Gasteiger charge is 2.22. The lowest BCUT2D eigenvalue weighted by Gasteiger charge is -2.36. The minimum absolute atomic E-state index is 0.526. The highest BCUT2D eigenvalue weighted by molar-refractivity contribution is 8.00. The fraction of sp³-hybridized carbons (Fsp3) is 0.333. The summed E-state index contributed by atoms with van der Waals surface area (Å²) < 4.78 is 8.10. The van der Waals surface area contributed by atoms with Crippen molar-refractivity contribution in [1.29, 1.82) is 0 Å².